The molecule has 21 heavy (non-hydrogen) atoms. The molecule has 0 unspecified atom stereocenters. The van der Waals surface area contributed by atoms with E-state index in [9.17, 15) is 19.8 Å². The molecule has 0 fully saturated rings. The largest absolute Gasteiger partial charge is 0.504 e. The topological polar surface area (TPSA) is 128 Å². The number of aromatic hydroxyl groups is 2. The summed E-state index contributed by atoms with van der Waals surface area (Å²) in [7, 11) is 1.40. The standard InChI is InChI=1S/C13H17NO7/c1-21-9-4-8(13(20)10(15)5-9)2-3-14(6-11(16)17)7-12(18)19/h4-5,15,20H,2-3,6-7H2,1H3,(H,16,17)(H,18,19). The first kappa shape index (κ1) is 16.6. The molecular formula is C13H17NO7. The third-order valence-corrected chi connectivity index (χ3v) is 2.79. The molecule has 8 nitrogen and oxygen atoms in total. The minimum absolute atomic E-state index is 0.0960. The lowest BCUT2D eigenvalue weighted by molar-refractivity contribution is -0.141. The number of rotatable bonds is 8. The molecule has 8 heteroatoms. The van der Waals surface area contributed by atoms with E-state index < -0.39 is 25.0 Å². The third kappa shape index (κ3) is 5.19. The Balaban J connectivity index is 2.81. The van der Waals surface area contributed by atoms with Crippen molar-refractivity contribution < 1.29 is 34.8 Å². The van der Waals surface area contributed by atoms with E-state index in [1.807, 2.05) is 0 Å². The summed E-state index contributed by atoms with van der Waals surface area (Å²) in [6.45, 7) is -0.759. The zero-order valence-electron chi connectivity index (χ0n) is 11.4. The molecule has 0 aliphatic rings. The van der Waals surface area contributed by atoms with Gasteiger partial charge in [-0.05, 0) is 12.5 Å². The van der Waals surface area contributed by atoms with Crippen molar-refractivity contribution in [2.24, 2.45) is 0 Å². The molecule has 0 saturated carbocycles. The van der Waals surface area contributed by atoms with E-state index in [2.05, 4.69) is 0 Å². The summed E-state index contributed by atoms with van der Waals surface area (Å²) in [6.07, 6.45) is 0.164. The number of hydrogen-bond acceptors (Lipinski definition) is 6. The Labute approximate surface area is 120 Å². The lowest BCUT2D eigenvalue weighted by atomic mass is 10.1. The fourth-order valence-electron chi connectivity index (χ4n) is 1.83. The molecular weight excluding hydrogens is 282 g/mol. The molecule has 1 rings (SSSR count). The summed E-state index contributed by atoms with van der Waals surface area (Å²) >= 11 is 0. The van der Waals surface area contributed by atoms with E-state index >= 15 is 0 Å². The first-order valence-corrected chi connectivity index (χ1v) is 6.08. The molecule has 1 aromatic rings. The lowest BCUT2D eigenvalue weighted by Crippen LogP contribution is -2.35. The summed E-state index contributed by atoms with van der Waals surface area (Å²) < 4.78 is 4.95. The summed E-state index contributed by atoms with van der Waals surface area (Å²) in [5.74, 6) is -2.64. The van der Waals surface area contributed by atoms with Crippen LogP contribution < -0.4 is 4.74 Å². The Morgan fingerprint density at radius 3 is 2.19 bits per heavy atom. The molecule has 0 bridgehead atoms. The van der Waals surface area contributed by atoms with Crippen LogP contribution in [0.1, 0.15) is 5.56 Å². The van der Waals surface area contributed by atoms with E-state index in [-0.39, 0.29) is 24.5 Å². The highest BCUT2D eigenvalue weighted by atomic mass is 16.5. The minimum Gasteiger partial charge on any atom is -0.504 e. The molecule has 0 aromatic heterocycles. The Kier molecular flexibility index (Phi) is 5.79. The molecule has 0 heterocycles. The second-order valence-corrected chi connectivity index (χ2v) is 4.40. The maximum Gasteiger partial charge on any atom is 0.317 e. The SMILES string of the molecule is COc1cc(O)c(O)c(CCN(CC(=O)O)CC(=O)O)c1. The van der Waals surface area contributed by atoms with Gasteiger partial charge in [0.15, 0.2) is 11.5 Å². The van der Waals surface area contributed by atoms with Gasteiger partial charge in [-0.3, -0.25) is 14.5 Å². The maximum atomic E-state index is 10.7. The van der Waals surface area contributed by atoms with Crippen LogP contribution in [0.2, 0.25) is 0 Å². The van der Waals surface area contributed by atoms with Gasteiger partial charge in [0.25, 0.3) is 0 Å². The van der Waals surface area contributed by atoms with Crippen molar-refractivity contribution in [3.63, 3.8) is 0 Å². The van der Waals surface area contributed by atoms with E-state index in [4.69, 9.17) is 14.9 Å². The average molecular weight is 299 g/mol. The van der Waals surface area contributed by atoms with Gasteiger partial charge >= 0.3 is 11.9 Å². The van der Waals surface area contributed by atoms with Gasteiger partial charge in [-0.2, -0.15) is 0 Å². The molecule has 0 amide bonds. The van der Waals surface area contributed by atoms with Gasteiger partial charge in [0.1, 0.15) is 5.75 Å². The van der Waals surface area contributed by atoms with Crippen LogP contribution in [0, 0.1) is 0 Å². The van der Waals surface area contributed by atoms with Crippen LogP contribution in [0.3, 0.4) is 0 Å². The number of nitrogens with zero attached hydrogens (tertiary/aromatic N) is 1. The number of carboxylic acids is 2. The van der Waals surface area contributed by atoms with Gasteiger partial charge in [0.05, 0.1) is 20.2 Å². The van der Waals surface area contributed by atoms with Gasteiger partial charge in [-0.25, -0.2) is 0 Å². The van der Waals surface area contributed by atoms with Crippen LogP contribution in [0.5, 0.6) is 17.2 Å². The summed E-state index contributed by atoms with van der Waals surface area (Å²) in [5, 5.41) is 36.7. The van der Waals surface area contributed by atoms with Crippen LogP contribution in [0.4, 0.5) is 0 Å². The van der Waals surface area contributed by atoms with Gasteiger partial charge in [0, 0.05) is 18.2 Å². The first-order chi connectivity index (χ1) is 9.83. The number of methoxy groups -OCH3 is 1. The van der Waals surface area contributed by atoms with Crippen LogP contribution in [0.25, 0.3) is 0 Å². The fourth-order valence-corrected chi connectivity index (χ4v) is 1.83. The molecule has 0 radical (unpaired) electrons. The van der Waals surface area contributed by atoms with Crippen molar-refractivity contribution in [2.75, 3.05) is 26.7 Å². The van der Waals surface area contributed by atoms with Crippen LogP contribution in [-0.2, 0) is 16.0 Å². The molecule has 0 atom stereocenters. The number of ether oxygens (including phenoxy) is 1. The van der Waals surface area contributed by atoms with Crippen molar-refractivity contribution in [2.45, 2.75) is 6.42 Å². The second kappa shape index (κ2) is 7.34. The van der Waals surface area contributed by atoms with Crippen LogP contribution in [-0.4, -0.2) is 64.0 Å². The number of carbonyl (C=O) groups is 2. The Morgan fingerprint density at radius 2 is 1.71 bits per heavy atom. The molecule has 4 N–H and O–H groups in total. The van der Waals surface area contributed by atoms with Crippen LogP contribution in [0.15, 0.2) is 12.1 Å². The Hall–Kier alpha value is -2.48. The number of aliphatic carboxylic acids is 2. The van der Waals surface area contributed by atoms with E-state index in [0.717, 1.165) is 0 Å². The van der Waals surface area contributed by atoms with Crippen molar-refractivity contribution in [3.8, 4) is 17.2 Å². The molecule has 0 saturated heterocycles. The Bertz CT molecular complexity index is 513. The highest BCUT2D eigenvalue weighted by molar-refractivity contribution is 5.72. The molecule has 0 aliphatic heterocycles. The maximum absolute atomic E-state index is 10.7. The highest BCUT2D eigenvalue weighted by Gasteiger charge is 2.16. The van der Waals surface area contributed by atoms with Crippen molar-refractivity contribution >= 4 is 11.9 Å². The fraction of sp³-hybridized carbons (Fsp3) is 0.385. The Morgan fingerprint density at radius 1 is 1.14 bits per heavy atom. The summed E-state index contributed by atoms with van der Waals surface area (Å²) in [5.41, 5.74) is 0.340. The van der Waals surface area contributed by atoms with Crippen molar-refractivity contribution in [1.82, 2.24) is 4.90 Å². The number of phenolic OH excluding ortho intramolecular Hbond substituents is 2. The van der Waals surface area contributed by atoms with Crippen LogP contribution >= 0.6 is 0 Å². The number of benzene rings is 1. The van der Waals surface area contributed by atoms with Crippen molar-refractivity contribution in [1.29, 1.82) is 0 Å². The molecule has 0 spiro atoms. The molecule has 116 valence electrons. The number of hydrogen-bond donors (Lipinski definition) is 4. The molecule has 1 aromatic carbocycles. The van der Waals surface area contributed by atoms with Crippen molar-refractivity contribution in [3.05, 3.63) is 17.7 Å². The number of phenols is 2. The number of carboxylic acid groups (broad SMARTS) is 2. The zero-order chi connectivity index (χ0) is 16.0. The van der Waals surface area contributed by atoms with E-state index in [0.29, 0.717) is 11.3 Å². The van der Waals surface area contributed by atoms with E-state index in [1.165, 1.54) is 24.1 Å². The minimum atomic E-state index is -1.14. The van der Waals surface area contributed by atoms with Gasteiger partial charge in [-0.15, -0.1) is 0 Å². The quantitative estimate of drug-likeness (QED) is 0.498. The van der Waals surface area contributed by atoms with Gasteiger partial charge in [0.2, 0.25) is 0 Å². The third-order valence-electron chi connectivity index (χ3n) is 2.79. The zero-order valence-corrected chi connectivity index (χ0v) is 11.4. The molecule has 0 aliphatic carbocycles. The monoisotopic (exact) mass is 299 g/mol. The predicted molar refractivity (Wildman–Crippen MR) is 71.7 cm³/mol. The predicted octanol–water partition coefficient (Wildman–Crippen LogP) is 0.120. The average Bonchev–Trinajstić information content (AvgIpc) is 2.38. The normalized spacial score (nSPS) is 10.6. The second-order valence-electron chi connectivity index (χ2n) is 4.40. The van der Waals surface area contributed by atoms with E-state index in [1.54, 1.807) is 0 Å². The van der Waals surface area contributed by atoms with Gasteiger partial charge < -0.3 is 25.2 Å². The summed E-state index contributed by atoms with van der Waals surface area (Å²) in [6, 6.07) is 2.74. The highest BCUT2D eigenvalue weighted by Crippen LogP contribution is 2.33. The smallest absolute Gasteiger partial charge is 0.317 e. The first-order valence-electron chi connectivity index (χ1n) is 6.08. The lowest BCUT2D eigenvalue weighted by Gasteiger charge is -2.18. The van der Waals surface area contributed by atoms with Gasteiger partial charge in [-0.1, -0.05) is 0 Å². The summed E-state index contributed by atoms with van der Waals surface area (Å²) in [4.78, 5) is 22.6.